The van der Waals surface area contributed by atoms with E-state index in [9.17, 15) is 9.90 Å². The third-order valence-corrected chi connectivity index (χ3v) is 5.71. The first kappa shape index (κ1) is 20.3. The predicted octanol–water partition coefficient (Wildman–Crippen LogP) is 3.55. The third kappa shape index (κ3) is 4.78. The topological polar surface area (TPSA) is 77.5 Å². The Bertz CT molecular complexity index is 1030. The number of benzene rings is 2. The Morgan fingerprint density at radius 1 is 1.17 bits per heavy atom. The largest absolute Gasteiger partial charge is 0.392 e. The van der Waals surface area contributed by atoms with Gasteiger partial charge in [0, 0.05) is 35.8 Å². The van der Waals surface area contributed by atoms with Crippen LogP contribution in [0.15, 0.2) is 54.7 Å². The SMILES string of the molecule is Cc1cccc(CO)c1NC1CCN(CC(=O)Nc2cnc3ccccc3c2)CC1. The van der Waals surface area contributed by atoms with Crippen LogP contribution in [0, 0.1) is 6.92 Å². The van der Waals surface area contributed by atoms with Crippen LogP contribution >= 0.6 is 0 Å². The molecule has 4 rings (SSSR count). The summed E-state index contributed by atoms with van der Waals surface area (Å²) in [5.74, 6) is -0.0139. The maximum Gasteiger partial charge on any atom is 0.238 e. The van der Waals surface area contributed by atoms with E-state index >= 15 is 0 Å². The molecule has 0 bridgehead atoms. The van der Waals surface area contributed by atoms with Crippen LogP contribution < -0.4 is 10.6 Å². The number of para-hydroxylation sites is 2. The lowest BCUT2D eigenvalue weighted by molar-refractivity contribution is -0.117. The summed E-state index contributed by atoms with van der Waals surface area (Å²) in [6.45, 7) is 4.20. The highest BCUT2D eigenvalue weighted by atomic mass is 16.3. The number of aliphatic hydroxyl groups excluding tert-OH is 1. The first-order valence-corrected chi connectivity index (χ1v) is 10.5. The van der Waals surface area contributed by atoms with Crippen molar-refractivity contribution in [3.63, 3.8) is 0 Å². The van der Waals surface area contributed by atoms with Crippen molar-refractivity contribution in [2.45, 2.75) is 32.4 Å². The Balaban J connectivity index is 1.28. The van der Waals surface area contributed by atoms with E-state index in [1.807, 2.05) is 42.5 Å². The number of fused-ring (bicyclic) bond motifs is 1. The van der Waals surface area contributed by atoms with Crippen LogP contribution in [0.4, 0.5) is 11.4 Å². The molecule has 2 aromatic carbocycles. The van der Waals surface area contributed by atoms with Crippen LogP contribution in [-0.2, 0) is 11.4 Å². The van der Waals surface area contributed by atoms with Crippen molar-refractivity contribution in [3.8, 4) is 0 Å². The molecule has 1 fully saturated rings. The summed E-state index contributed by atoms with van der Waals surface area (Å²) in [4.78, 5) is 19.1. The van der Waals surface area contributed by atoms with Gasteiger partial charge in [0.2, 0.25) is 5.91 Å². The van der Waals surface area contributed by atoms with Gasteiger partial charge in [-0.3, -0.25) is 14.7 Å². The van der Waals surface area contributed by atoms with Crippen molar-refractivity contribution in [2.24, 2.45) is 0 Å². The number of rotatable bonds is 6. The summed E-state index contributed by atoms with van der Waals surface area (Å²) in [6.07, 6.45) is 3.63. The number of pyridine rings is 1. The maximum atomic E-state index is 12.5. The Labute approximate surface area is 176 Å². The molecule has 3 N–H and O–H groups in total. The molecule has 0 saturated carbocycles. The second kappa shape index (κ2) is 9.24. The van der Waals surface area contributed by atoms with Gasteiger partial charge < -0.3 is 15.7 Å². The van der Waals surface area contributed by atoms with Gasteiger partial charge in [-0.15, -0.1) is 0 Å². The smallest absolute Gasteiger partial charge is 0.238 e. The van der Waals surface area contributed by atoms with Crippen molar-refractivity contribution >= 4 is 28.2 Å². The van der Waals surface area contributed by atoms with Crippen molar-refractivity contribution < 1.29 is 9.90 Å². The molecule has 0 aliphatic carbocycles. The van der Waals surface area contributed by atoms with E-state index in [1.54, 1.807) is 6.20 Å². The van der Waals surface area contributed by atoms with Crippen LogP contribution in [0.25, 0.3) is 10.9 Å². The molecule has 156 valence electrons. The van der Waals surface area contributed by atoms with Gasteiger partial charge in [0.1, 0.15) is 0 Å². The number of hydrogen-bond donors (Lipinski definition) is 3. The van der Waals surface area contributed by atoms with Gasteiger partial charge in [-0.1, -0.05) is 36.4 Å². The van der Waals surface area contributed by atoms with Gasteiger partial charge in [0.25, 0.3) is 0 Å². The zero-order valence-electron chi connectivity index (χ0n) is 17.3. The molecule has 3 aromatic rings. The Hall–Kier alpha value is -2.96. The lowest BCUT2D eigenvalue weighted by Gasteiger charge is -2.33. The number of carbonyl (C=O) groups is 1. The Morgan fingerprint density at radius 3 is 2.77 bits per heavy atom. The standard InChI is InChI=1S/C24H28N4O2/c1-17-5-4-7-19(16-29)24(17)27-20-9-11-28(12-10-20)15-23(30)26-21-13-18-6-2-3-8-22(18)25-14-21/h2-8,13-14,20,27,29H,9-12,15-16H2,1H3,(H,26,30). The quantitative estimate of drug-likeness (QED) is 0.586. The molecule has 0 radical (unpaired) electrons. The van der Waals surface area contributed by atoms with Crippen molar-refractivity contribution in [1.29, 1.82) is 0 Å². The Morgan fingerprint density at radius 2 is 1.97 bits per heavy atom. The number of piperidine rings is 1. The number of amides is 1. The van der Waals surface area contributed by atoms with E-state index in [2.05, 4.69) is 33.5 Å². The van der Waals surface area contributed by atoms with Gasteiger partial charge in [-0.25, -0.2) is 0 Å². The van der Waals surface area contributed by atoms with E-state index in [-0.39, 0.29) is 12.5 Å². The van der Waals surface area contributed by atoms with Crippen molar-refractivity contribution in [2.75, 3.05) is 30.3 Å². The van der Waals surface area contributed by atoms with Gasteiger partial charge >= 0.3 is 0 Å². The van der Waals surface area contributed by atoms with E-state index < -0.39 is 0 Å². The van der Waals surface area contributed by atoms with Crippen LogP contribution in [0.1, 0.15) is 24.0 Å². The number of nitrogens with one attached hydrogen (secondary N) is 2. The highest BCUT2D eigenvalue weighted by Crippen LogP contribution is 2.24. The highest BCUT2D eigenvalue weighted by molar-refractivity contribution is 5.94. The summed E-state index contributed by atoms with van der Waals surface area (Å²) in [5.41, 5.74) is 4.77. The van der Waals surface area contributed by atoms with Crippen LogP contribution in [-0.4, -0.2) is 46.6 Å². The lowest BCUT2D eigenvalue weighted by Crippen LogP contribution is -2.42. The van der Waals surface area contributed by atoms with Crippen molar-refractivity contribution in [3.05, 3.63) is 65.9 Å². The fourth-order valence-electron chi connectivity index (χ4n) is 4.05. The van der Waals surface area contributed by atoms with Gasteiger partial charge in [0.05, 0.1) is 30.6 Å². The number of aryl methyl sites for hydroxylation is 1. The van der Waals surface area contributed by atoms with Crippen LogP contribution in [0.3, 0.4) is 0 Å². The highest BCUT2D eigenvalue weighted by Gasteiger charge is 2.22. The Kier molecular flexibility index (Phi) is 6.26. The number of carbonyl (C=O) groups excluding carboxylic acids is 1. The molecular weight excluding hydrogens is 376 g/mol. The molecule has 6 heteroatoms. The molecule has 2 heterocycles. The number of aliphatic hydroxyl groups is 1. The van der Waals surface area contributed by atoms with E-state index in [0.29, 0.717) is 12.6 Å². The fourth-order valence-corrected chi connectivity index (χ4v) is 4.05. The average Bonchev–Trinajstić information content (AvgIpc) is 2.76. The molecule has 0 spiro atoms. The van der Waals surface area contributed by atoms with Gasteiger partial charge in [0.15, 0.2) is 0 Å². The zero-order valence-corrected chi connectivity index (χ0v) is 17.3. The molecule has 1 aliphatic heterocycles. The average molecular weight is 405 g/mol. The van der Waals surface area contributed by atoms with Gasteiger partial charge in [-0.2, -0.15) is 0 Å². The molecule has 0 atom stereocenters. The second-order valence-corrected chi connectivity index (χ2v) is 7.93. The molecular formula is C24H28N4O2. The lowest BCUT2D eigenvalue weighted by atomic mass is 10.0. The summed E-state index contributed by atoms with van der Waals surface area (Å²) >= 11 is 0. The van der Waals surface area contributed by atoms with Gasteiger partial charge in [-0.05, 0) is 37.5 Å². The minimum absolute atomic E-state index is 0.0139. The van der Waals surface area contributed by atoms with E-state index in [0.717, 1.165) is 59.3 Å². The molecule has 6 nitrogen and oxygen atoms in total. The monoisotopic (exact) mass is 404 g/mol. The first-order valence-electron chi connectivity index (χ1n) is 10.5. The minimum atomic E-state index is -0.0139. The molecule has 30 heavy (non-hydrogen) atoms. The summed E-state index contributed by atoms with van der Waals surface area (Å²) in [5, 5.41) is 17.2. The second-order valence-electron chi connectivity index (χ2n) is 7.93. The number of hydrogen-bond acceptors (Lipinski definition) is 5. The molecule has 1 aliphatic rings. The van der Waals surface area contributed by atoms with Crippen LogP contribution in [0.2, 0.25) is 0 Å². The molecule has 1 amide bonds. The molecule has 1 saturated heterocycles. The number of likely N-dealkylation sites (tertiary alicyclic amines) is 1. The van der Waals surface area contributed by atoms with Crippen LogP contribution in [0.5, 0.6) is 0 Å². The zero-order chi connectivity index (χ0) is 20.9. The number of aromatic nitrogens is 1. The van der Waals surface area contributed by atoms with E-state index in [4.69, 9.17) is 0 Å². The maximum absolute atomic E-state index is 12.5. The predicted molar refractivity (Wildman–Crippen MR) is 121 cm³/mol. The normalized spacial score (nSPS) is 15.3. The molecule has 0 unspecified atom stereocenters. The molecule has 1 aromatic heterocycles. The van der Waals surface area contributed by atoms with Crippen molar-refractivity contribution in [1.82, 2.24) is 9.88 Å². The minimum Gasteiger partial charge on any atom is -0.392 e. The summed E-state index contributed by atoms with van der Waals surface area (Å²) in [7, 11) is 0. The summed E-state index contributed by atoms with van der Waals surface area (Å²) in [6, 6.07) is 16.2. The van der Waals surface area contributed by atoms with E-state index in [1.165, 1.54) is 0 Å². The number of anilines is 2. The first-order chi connectivity index (χ1) is 14.6. The number of nitrogens with zero attached hydrogens (tertiary/aromatic N) is 2. The third-order valence-electron chi connectivity index (χ3n) is 5.71. The fraction of sp³-hybridized carbons (Fsp3) is 0.333. The summed E-state index contributed by atoms with van der Waals surface area (Å²) < 4.78 is 0.